The van der Waals surface area contributed by atoms with Crippen molar-refractivity contribution in [2.45, 2.75) is 45.4 Å². The first-order valence-corrected chi connectivity index (χ1v) is 7.97. The van der Waals surface area contributed by atoms with Gasteiger partial charge in [0, 0.05) is 17.3 Å². The number of halogens is 2. The van der Waals surface area contributed by atoms with Crippen LogP contribution in [0, 0.1) is 17.0 Å². The minimum atomic E-state index is -0.458. The number of rotatable bonds is 4. The first-order chi connectivity index (χ1) is 10.6. The highest BCUT2D eigenvalue weighted by molar-refractivity contribution is 5.61. The first-order valence-electron chi connectivity index (χ1n) is 7.97. The van der Waals surface area contributed by atoms with Gasteiger partial charge in [0.2, 0.25) is 0 Å². The van der Waals surface area contributed by atoms with Gasteiger partial charge in [0.15, 0.2) is 0 Å². The van der Waals surface area contributed by atoms with Crippen LogP contribution in [0.5, 0.6) is 0 Å². The van der Waals surface area contributed by atoms with Gasteiger partial charge in [-0.15, -0.1) is 0 Å². The van der Waals surface area contributed by atoms with Crippen LogP contribution in [0.1, 0.15) is 44.6 Å². The molecule has 3 rings (SSSR count). The molecule has 1 aliphatic rings. The Morgan fingerprint density at radius 3 is 2.55 bits per heavy atom. The molecule has 1 aromatic heterocycles. The molecule has 1 fully saturated rings. The molecule has 1 heterocycles. The van der Waals surface area contributed by atoms with Crippen LogP contribution in [-0.4, -0.2) is 4.98 Å². The van der Waals surface area contributed by atoms with Crippen LogP contribution in [0.3, 0.4) is 0 Å². The van der Waals surface area contributed by atoms with Crippen molar-refractivity contribution >= 4 is 0 Å². The van der Waals surface area contributed by atoms with Crippen LogP contribution in [0.15, 0.2) is 36.5 Å². The monoisotopic (exact) mass is 301 g/mol. The highest BCUT2D eigenvalue weighted by Crippen LogP contribution is 2.41. The molecule has 0 amide bonds. The molecular formula is C19H21F2N. The molecule has 0 saturated heterocycles. The maximum absolute atomic E-state index is 14.7. The maximum Gasteiger partial charge on any atom is 0.138 e. The summed E-state index contributed by atoms with van der Waals surface area (Å²) in [6, 6.07) is 8.18. The lowest BCUT2D eigenvalue weighted by Gasteiger charge is -2.23. The number of hydrogen-bond donors (Lipinski definition) is 0. The molecule has 1 saturated carbocycles. The summed E-state index contributed by atoms with van der Waals surface area (Å²) < 4.78 is 28.8. The van der Waals surface area contributed by atoms with Gasteiger partial charge >= 0.3 is 0 Å². The normalized spacial score (nSPS) is 16.9. The quantitative estimate of drug-likeness (QED) is 0.722. The first kappa shape index (κ1) is 15.1. The minimum absolute atomic E-state index is 0.205. The molecule has 2 aromatic rings. The van der Waals surface area contributed by atoms with Gasteiger partial charge in [0.25, 0.3) is 0 Å². The summed E-state index contributed by atoms with van der Waals surface area (Å²) in [5.74, 6) is -0.904. The van der Waals surface area contributed by atoms with Gasteiger partial charge in [-0.1, -0.05) is 25.8 Å². The Morgan fingerprint density at radius 1 is 1.09 bits per heavy atom. The molecule has 3 heteroatoms. The Kier molecular flexibility index (Phi) is 4.23. The van der Waals surface area contributed by atoms with Crippen LogP contribution in [-0.2, 0) is 6.42 Å². The molecule has 0 atom stereocenters. The van der Waals surface area contributed by atoms with E-state index in [1.807, 2.05) is 6.07 Å². The van der Waals surface area contributed by atoms with Gasteiger partial charge in [0.1, 0.15) is 11.6 Å². The molecule has 0 spiro atoms. The second kappa shape index (κ2) is 6.15. The summed E-state index contributed by atoms with van der Waals surface area (Å²) in [4.78, 5) is 4.17. The van der Waals surface area contributed by atoms with Crippen LogP contribution in [0.25, 0.3) is 11.3 Å². The SMILES string of the molecule is CC1(CCc2c(F)ccc(-c3ccccn3)c2F)CCCC1. The predicted octanol–water partition coefficient (Wildman–Crippen LogP) is 5.54. The topological polar surface area (TPSA) is 12.9 Å². The summed E-state index contributed by atoms with van der Waals surface area (Å²) in [6.45, 7) is 2.23. The highest BCUT2D eigenvalue weighted by Gasteiger charge is 2.29. The second-order valence-corrected chi connectivity index (χ2v) is 6.62. The third-order valence-corrected chi connectivity index (χ3v) is 4.92. The Labute approximate surface area is 130 Å². The lowest BCUT2D eigenvalue weighted by Crippen LogP contribution is -2.13. The van der Waals surface area contributed by atoms with Gasteiger partial charge in [0.05, 0.1) is 5.69 Å². The van der Waals surface area contributed by atoms with Crippen molar-refractivity contribution in [3.63, 3.8) is 0 Å². The Hall–Kier alpha value is -1.77. The fourth-order valence-corrected chi connectivity index (χ4v) is 3.45. The summed E-state index contributed by atoms with van der Waals surface area (Å²) in [5.41, 5.74) is 1.37. The molecular weight excluding hydrogens is 280 g/mol. The Morgan fingerprint density at radius 2 is 1.86 bits per heavy atom. The van der Waals surface area contributed by atoms with E-state index in [2.05, 4.69) is 11.9 Å². The summed E-state index contributed by atoms with van der Waals surface area (Å²) in [7, 11) is 0. The Balaban J connectivity index is 1.87. The van der Waals surface area contributed by atoms with Crippen molar-refractivity contribution < 1.29 is 8.78 Å². The summed E-state index contributed by atoms with van der Waals surface area (Å²) >= 11 is 0. The number of pyridine rings is 1. The summed E-state index contributed by atoms with van der Waals surface area (Å²) in [5, 5.41) is 0. The van der Waals surface area contributed by atoms with E-state index in [1.54, 1.807) is 18.3 Å². The van der Waals surface area contributed by atoms with Crippen molar-refractivity contribution in [2.24, 2.45) is 5.41 Å². The zero-order valence-corrected chi connectivity index (χ0v) is 12.9. The van der Waals surface area contributed by atoms with E-state index >= 15 is 0 Å². The molecule has 116 valence electrons. The minimum Gasteiger partial charge on any atom is -0.256 e. The van der Waals surface area contributed by atoms with E-state index < -0.39 is 11.6 Å². The van der Waals surface area contributed by atoms with E-state index in [-0.39, 0.29) is 11.0 Å². The molecule has 0 bridgehead atoms. The number of hydrogen-bond acceptors (Lipinski definition) is 1. The van der Waals surface area contributed by atoms with Crippen LogP contribution < -0.4 is 0 Å². The van der Waals surface area contributed by atoms with E-state index in [0.717, 1.165) is 19.3 Å². The van der Waals surface area contributed by atoms with Crippen LogP contribution in [0.2, 0.25) is 0 Å². The zero-order chi connectivity index (χ0) is 15.6. The van der Waals surface area contributed by atoms with Crippen molar-refractivity contribution in [2.75, 3.05) is 0 Å². The van der Waals surface area contributed by atoms with E-state index in [1.165, 1.54) is 25.0 Å². The smallest absolute Gasteiger partial charge is 0.138 e. The van der Waals surface area contributed by atoms with Crippen molar-refractivity contribution in [1.29, 1.82) is 0 Å². The zero-order valence-electron chi connectivity index (χ0n) is 12.9. The molecule has 1 nitrogen and oxygen atoms in total. The number of nitrogens with zero attached hydrogens (tertiary/aromatic N) is 1. The molecule has 1 aromatic carbocycles. The average Bonchev–Trinajstić information content (AvgIpc) is 2.95. The van der Waals surface area contributed by atoms with Crippen molar-refractivity contribution in [3.05, 3.63) is 53.7 Å². The van der Waals surface area contributed by atoms with Gasteiger partial charge in [-0.2, -0.15) is 0 Å². The predicted molar refractivity (Wildman–Crippen MR) is 84.5 cm³/mol. The van der Waals surface area contributed by atoms with Crippen LogP contribution in [0.4, 0.5) is 8.78 Å². The third-order valence-electron chi connectivity index (χ3n) is 4.92. The van der Waals surface area contributed by atoms with Gasteiger partial charge in [-0.3, -0.25) is 4.98 Å². The van der Waals surface area contributed by atoms with E-state index in [9.17, 15) is 8.78 Å². The van der Waals surface area contributed by atoms with E-state index in [4.69, 9.17) is 0 Å². The van der Waals surface area contributed by atoms with Gasteiger partial charge in [-0.05, 0) is 55.4 Å². The van der Waals surface area contributed by atoms with Crippen LogP contribution >= 0.6 is 0 Å². The average molecular weight is 301 g/mol. The largest absolute Gasteiger partial charge is 0.256 e. The van der Waals surface area contributed by atoms with Gasteiger partial charge in [-0.25, -0.2) is 8.78 Å². The van der Waals surface area contributed by atoms with Crippen molar-refractivity contribution in [1.82, 2.24) is 4.98 Å². The second-order valence-electron chi connectivity index (χ2n) is 6.62. The molecule has 0 unspecified atom stereocenters. The highest BCUT2D eigenvalue weighted by atomic mass is 19.1. The fourth-order valence-electron chi connectivity index (χ4n) is 3.45. The fraction of sp³-hybridized carbons (Fsp3) is 0.421. The molecule has 0 radical (unpaired) electrons. The van der Waals surface area contributed by atoms with Gasteiger partial charge < -0.3 is 0 Å². The molecule has 0 N–H and O–H groups in total. The molecule has 1 aliphatic carbocycles. The Bertz CT molecular complexity index is 646. The van der Waals surface area contributed by atoms with E-state index in [0.29, 0.717) is 17.7 Å². The number of aromatic nitrogens is 1. The van der Waals surface area contributed by atoms with Crippen molar-refractivity contribution in [3.8, 4) is 11.3 Å². The molecule has 0 aliphatic heterocycles. The standard InChI is InChI=1S/C19H21F2N/c1-19(10-3-4-11-19)12-9-14-16(20)8-7-15(18(14)21)17-6-2-5-13-22-17/h2,5-8,13H,3-4,9-12H2,1H3. The number of benzene rings is 1. The third kappa shape index (κ3) is 3.03. The maximum atomic E-state index is 14.7. The molecule has 22 heavy (non-hydrogen) atoms. The lowest BCUT2D eigenvalue weighted by atomic mass is 9.82. The summed E-state index contributed by atoms with van der Waals surface area (Å²) in [6.07, 6.45) is 7.70. The lowest BCUT2D eigenvalue weighted by molar-refractivity contribution is 0.305.